The van der Waals surface area contributed by atoms with Crippen LogP contribution in [0.1, 0.15) is 0 Å². The number of alkyl halides is 2. The third kappa shape index (κ3) is 5.87. The van der Waals surface area contributed by atoms with Crippen molar-refractivity contribution >= 4 is 40.6 Å². The summed E-state index contributed by atoms with van der Waals surface area (Å²) in [6, 6.07) is 9.51. The number of non-ortho nitro benzene ring substituents is 1. The van der Waals surface area contributed by atoms with Crippen LogP contribution in [-0.4, -0.2) is 23.2 Å². The van der Waals surface area contributed by atoms with Crippen molar-refractivity contribution in [1.29, 1.82) is 0 Å². The predicted molar refractivity (Wildman–Crippen MR) is 90.5 cm³/mol. The van der Waals surface area contributed by atoms with Crippen LogP contribution in [0.3, 0.4) is 0 Å². The number of nitro groups is 1. The summed E-state index contributed by atoms with van der Waals surface area (Å²) in [7, 11) is 0. The molecule has 0 unspecified atom stereocenters. The molecule has 0 aromatic heterocycles. The van der Waals surface area contributed by atoms with E-state index in [1.54, 1.807) is 0 Å². The standard InChI is InChI=1S/C15H11ClF2N2O4S/c16-12-7-10(20(22)23)3-6-13(12)24-8-14(21)19-9-1-4-11(5-2-9)25-15(17)18/h1-7,15H,8H2,(H,19,21). The number of hydrogen-bond acceptors (Lipinski definition) is 5. The molecule has 132 valence electrons. The van der Waals surface area contributed by atoms with Gasteiger partial charge in [-0.2, -0.15) is 8.78 Å². The van der Waals surface area contributed by atoms with E-state index in [4.69, 9.17) is 16.3 Å². The maximum Gasteiger partial charge on any atom is 0.288 e. The number of hydrogen-bond donors (Lipinski definition) is 1. The maximum atomic E-state index is 12.2. The zero-order chi connectivity index (χ0) is 18.4. The number of nitrogens with one attached hydrogen (secondary N) is 1. The van der Waals surface area contributed by atoms with Gasteiger partial charge >= 0.3 is 0 Å². The molecular formula is C15H11ClF2N2O4S. The average molecular weight is 389 g/mol. The number of thioether (sulfide) groups is 1. The molecule has 0 saturated carbocycles. The van der Waals surface area contributed by atoms with Gasteiger partial charge in [0.2, 0.25) is 0 Å². The second-order valence-corrected chi connectivity index (χ2v) is 6.08. The quantitative estimate of drug-likeness (QED) is 0.426. The van der Waals surface area contributed by atoms with Crippen LogP contribution in [0.4, 0.5) is 20.2 Å². The summed E-state index contributed by atoms with van der Waals surface area (Å²) < 4.78 is 29.7. The van der Waals surface area contributed by atoms with Gasteiger partial charge in [-0.25, -0.2) is 0 Å². The van der Waals surface area contributed by atoms with Crippen LogP contribution < -0.4 is 10.1 Å². The summed E-state index contributed by atoms with van der Waals surface area (Å²) in [6.45, 7) is -0.370. The van der Waals surface area contributed by atoms with E-state index in [0.29, 0.717) is 22.3 Å². The van der Waals surface area contributed by atoms with Crippen LogP contribution in [0.5, 0.6) is 5.75 Å². The van der Waals surface area contributed by atoms with Gasteiger partial charge in [-0.05, 0) is 30.3 Å². The fourth-order valence-corrected chi connectivity index (χ4v) is 2.51. The van der Waals surface area contributed by atoms with Crippen LogP contribution in [0, 0.1) is 10.1 Å². The van der Waals surface area contributed by atoms with E-state index in [9.17, 15) is 23.7 Å². The summed E-state index contributed by atoms with van der Waals surface area (Å²) in [5.41, 5.74) is 0.227. The normalized spacial score (nSPS) is 10.6. The molecule has 0 aliphatic rings. The number of nitro benzene ring substituents is 1. The molecule has 0 radical (unpaired) electrons. The summed E-state index contributed by atoms with van der Waals surface area (Å²) in [5, 5.41) is 13.2. The van der Waals surface area contributed by atoms with Gasteiger partial charge in [0.05, 0.1) is 9.95 Å². The smallest absolute Gasteiger partial charge is 0.288 e. The van der Waals surface area contributed by atoms with E-state index in [2.05, 4.69) is 5.32 Å². The molecule has 0 atom stereocenters. The molecule has 2 aromatic carbocycles. The van der Waals surface area contributed by atoms with Crippen molar-refractivity contribution in [2.24, 2.45) is 0 Å². The van der Waals surface area contributed by atoms with Crippen LogP contribution >= 0.6 is 23.4 Å². The van der Waals surface area contributed by atoms with Gasteiger partial charge < -0.3 is 10.1 Å². The Morgan fingerprint density at radius 1 is 1.28 bits per heavy atom. The molecule has 2 aromatic rings. The monoisotopic (exact) mass is 388 g/mol. The molecule has 6 nitrogen and oxygen atoms in total. The third-order valence-corrected chi connectivity index (χ3v) is 3.87. The van der Waals surface area contributed by atoms with E-state index in [1.165, 1.54) is 36.4 Å². The van der Waals surface area contributed by atoms with E-state index < -0.39 is 16.6 Å². The van der Waals surface area contributed by atoms with Crippen molar-refractivity contribution in [1.82, 2.24) is 0 Å². The van der Waals surface area contributed by atoms with Crippen molar-refractivity contribution in [3.8, 4) is 5.75 Å². The predicted octanol–water partition coefficient (Wildman–Crippen LogP) is 4.58. The molecule has 0 spiro atoms. The summed E-state index contributed by atoms with van der Waals surface area (Å²) in [6.07, 6.45) is 0. The minimum atomic E-state index is -2.51. The lowest BCUT2D eigenvalue weighted by Crippen LogP contribution is -2.20. The first-order chi connectivity index (χ1) is 11.8. The lowest BCUT2D eigenvalue weighted by Gasteiger charge is -2.09. The molecule has 25 heavy (non-hydrogen) atoms. The molecule has 10 heteroatoms. The Bertz CT molecular complexity index is 775. The molecule has 2 rings (SSSR count). The van der Waals surface area contributed by atoms with Gasteiger partial charge in [0.1, 0.15) is 5.75 Å². The number of rotatable bonds is 7. The molecular weight excluding hydrogens is 378 g/mol. The van der Waals surface area contributed by atoms with Gasteiger partial charge in [-0.3, -0.25) is 14.9 Å². The Balaban J connectivity index is 1.89. The number of benzene rings is 2. The van der Waals surface area contributed by atoms with E-state index >= 15 is 0 Å². The topological polar surface area (TPSA) is 81.5 Å². The van der Waals surface area contributed by atoms with Crippen LogP contribution in [0.25, 0.3) is 0 Å². The van der Waals surface area contributed by atoms with Gasteiger partial charge in [-0.15, -0.1) is 0 Å². The molecule has 1 N–H and O–H groups in total. The van der Waals surface area contributed by atoms with Crippen molar-refractivity contribution in [3.63, 3.8) is 0 Å². The van der Waals surface area contributed by atoms with Gasteiger partial charge in [-0.1, -0.05) is 23.4 Å². The average Bonchev–Trinajstić information content (AvgIpc) is 2.55. The second kappa shape index (κ2) is 8.63. The fraction of sp³-hybridized carbons (Fsp3) is 0.133. The first-order valence-electron chi connectivity index (χ1n) is 6.76. The number of halogens is 3. The Morgan fingerprint density at radius 2 is 1.96 bits per heavy atom. The third-order valence-electron chi connectivity index (χ3n) is 2.85. The number of anilines is 1. The highest BCUT2D eigenvalue weighted by atomic mass is 35.5. The molecule has 0 heterocycles. The minimum absolute atomic E-state index is 0.00961. The first-order valence-corrected chi connectivity index (χ1v) is 8.02. The van der Waals surface area contributed by atoms with Crippen molar-refractivity contribution < 1.29 is 23.2 Å². The van der Waals surface area contributed by atoms with Gasteiger partial charge in [0.25, 0.3) is 17.4 Å². The fourth-order valence-electron chi connectivity index (χ4n) is 1.78. The number of carbonyl (C=O) groups excluding carboxylic acids is 1. The largest absolute Gasteiger partial charge is 0.482 e. The number of carbonyl (C=O) groups is 1. The summed E-state index contributed by atoms with van der Waals surface area (Å²) in [5.74, 6) is -2.88. The lowest BCUT2D eigenvalue weighted by atomic mass is 10.3. The maximum absolute atomic E-state index is 12.2. The van der Waals surface area contributed by atoms with E-state index in [1.807, 2.05) is 0 Å². The number of nitrogens with zero attached hydrogens (tertiary/aromatic N) is 1. The zero-order valence-corrected chi connectivity index (χ0v) is 14.0. The summed E-state index contributed by atoms with van der Waals surface area (Å²) >= 11 is 6.26. The Hall–Kier alpha value is -2.39. The van der Waals surface area contributed by atoms with E-state index in [0.717, 1.165) is 6.07 Å². The number of amides is 1. The Morgan fingerprint density at radius 3 is 2.52 bits per heavy atom. The Kier molecular flexibility index (Phi) is 6.54. The zero-order valence-electron chi connectivity index (χ0n) is 12.4. The Labute approximate surface area is 150 Å². The van der Waals surface area contributed by atoms with Crippen molar-refractivity contribution in [2.75, 3.05) is 11.9 Å². The molecule has 0 aliphatic carbocycles. The van der Waals surface area contributed by atoms with E-state index in [-0.39, 0.29) is 23.1 Å². The highest BCUT2D eigenvalue weighted by Gasteiger charge is 2.12. The highest BCUT2D eigenvalue weighted by molar-refractivity contribution is 7.99. The molecule has 1 amide bonds. The van der Waals surface area contributed by atoms with Gasteiger partial charge in [0, 0.05) is 22.7 Å². The van der Waals surface area contributed by atoms with Gasteiger partial charge in [0.15, 0.2) is 6.61 Å². The van der Waals surface area contributed by atoms with Crippen molar-refractivity contribution in [3.05, 3.63) is 57.6 Å². The molecule has 0 fully saturated rings. The molecule has 0 aliphatic heterocycles. The molecule has 0 bridgehead atoms. The molecule has 0 saturated heterocycles. The van der Waals surface area contributed by atoms with Crippen LogP contribution in [-0.2, 0) is 4.79 Å². The SMILES string of the molecule is O=C(COc1ccc([N+](=O)[O-])cc1Cl)Nc1ccc(SC(F)F)cc1. The number of ether oxygens (including phenoxy) is 1. The highest BCUT2D eigenvalue weighted by Crippen LogP contribution is 2.29. The van der Waals surface area contributed by atoms with Crippen LogP contribution in [0.2, 0.25) is 5.02 Å². The first kappa shape index (κ1) is 18.9. The van der Waals surface area contributed by atoms with Crippen molar-refractivity contribution in [2.45, 2.75) is 10.7 Å². The van der Waals surface area contributed by atoms with Crippen LogP contribution in [0.15, 0.2) is 47.4 Å². The summed E-state index contributed by atoms with van der Waals surface area (Å²) in [4.78, 5) is 22.2. The lowest BCUT2D eigenvalue weighted by molar-refractivity contribution is -0.384. The second-order valence-electron chi connectivity index (χ2n) is 4.61. The minimum Gasteiger partial charge on any atom is -0.482 e.